The van der Waals surface area contributed by atoms with Crippen molar-refractivity contribution in [3.8, 4) is 0 Å². The Hall–Kier alpha value is 0.960. The van der Waals surface area contributed by atoms with Crippen molar-refractivity contribution in [3.63, 3.8) is 0 Å². The molecule has 0 aliphatic heterocycles. The van der Waals surface area contributed by atoms with Crippen molar-refractivity contribution in [2.45, 2.75) is 0 Å². The number of hydrogen-bond donors (Lipinski definition) is 0. The van der Waals surface area contributed by atoms with Crippen molar-refractivity contribution in [2.24, 2.45) is 0 Å². The van der Waals surface area contributed by atoms with Crippen LogP contribution < -0.4 is 0 Å². The second-order valence-corrected chi connectivity index (χ2v) is 7.13. The molecule has 0 N–H and O–H groups in total. The lowest BCUT2D eigenvalue weighted by Gasteiger charge is -1.94. The minimum Gasteiger partial charge on any atom is -0.323 e. The summed E-state index contributed by atoms with van der Waals surface area (Å²) in [5.41, 5.74) is 0. The van der Waals surface area contributed by atoms with Crippen LogP contribution in [0, 0.1) is 0 Å². The Kier molecular flexibility index (Phi) is 2.68. The first kappa shape index (κ1) is 6.96. The predicted molar refractivity (Wildman–Crippen MR) is 38.3 cm³/mol. The first-order valence-electron chi connectivity index (χ1n) is 1.66. The SMILES string of the molecule is CP(C)(=O)CI. The standard InChI is InChI=1S/C3H8IOP/c1-6(2,5)3-4/h3H2,1-2H3. The first-order valence-corrected chi connectivity index (χ1v) is 5.97. The van der Waals surface area contributed by atoms with Gasteiger partial charge in [0.25, 0.3) is 0 Å². The molecule has 0 aliphatic rings. The Morgan fingerprint density at radius 3 is 1.83 bits per heavy atom. The molecule has 0 aromatic heterocycles. The Morgan fingerprint density at radius 1 is 1.67 bits per heavy atom. The van der Waals surface area contributed by atoms with Crippen LogP contribution in [0.3, 0.4) is 0 Å². The van der Waals surface area contributed by atoms with Crippen LogP contribution in [-0.4, -0.2) is 17.5 Å². The van der Waals surface area contributed by atoms with Gasteiger partial charge in [0.2, 0.25) is 0 Å². The lowest BCUT2D eigenvalue weighted by atomic mass is 11.9. The van der Waals surface area contributed by atoms with Crippen LogP contribution in [0.5, 0.6) is 0 Å². The third-order valence-electron chi connectivity index (χ3n) is 0.288. The molecule has 6 heavy (non-hydrogen) atoms. The van der Waals surface area contributed by atoms with Crippen LogP contribution in [-0.2, 0) is 4.57 Å². The predicted octanol–water partition coefficient (Wildman–Crippen LogP) is 2.00. The van der Waals surface area contributed by atoms with Crippen LogP contribution in [0.15, 0.2) is 0 Å². The van der Waals surface area contributed by atoms with Gasteiger partial charge in [-0.05, 0) is 13.3 Å². The minimum absolute atomic E-state index is 0.796. The van der Waals surface area contributed by atoms with Crippen LogP contribution in [0.4, 0.5) is 0 Å². The number of halogens is 1. The van der Waals surface area contributed by atoms with Crippen molar-refractivity contribution in [2.75, 3.05) is 17.5 Å². The highest BCUT2D eigenvalue weighted by atomic mass is 127. The summed E-state index contributed by atoms with van der Waals surface area (Å²) in [5.74, 6) is 0. The van der Waals surface area contributed by atoms with E-state index < -0.39 is 7.14 Å². The van der Waals surface area contributed by atoms with Crippen molar-refractivity contribution < 1.29 is 4.57 Å². The van der Waals surface area contributed by atoms with E-state index >= 15 is 0 Å². The minimum atomic E-state index is -1.66. The Bertz CT molecular complexity index is 74.9. The zero-order chi connectivity index (χ0) is 5.21. The molecule has 1 nitrogen and oxygen atoms in total. The van der Waals surface area contributed by atoms with Crippen LogP contribution in [0.1, 0.15) is 0 Å². The van der Waals surface area contributed by atoms with Crippen LogP contribution in [0.25, 0.3) is 0 Å². The normalized spacial score (nSPS) is 11.8. The maximum atomic E-state index is 10.6. The van der Waals surface area contributed by atoms with E-state index in [4.69, 9.17) is 0 Å². The zero-order valence-electron chi connectivity index (χ0n) is 3.94. The lowest BCUT2D eigenvalue weighted by molar-refractivity contribution is 0.586. The van der Waals surface area contributed by atoms with E-state index in [1.165, 1.54) is 0 Å². The van der Waals surface area contributed by atoms with Gasteiger partial charge in [-0.25, -0.2) is 0 Å². The summed E-state index contributed by atoms with van der Waals surface area (Å²) in [6, 6.07) is 0. The van der Waals surface area contributed by atoms with E-state index in [1.807, 2.05) is 0 Å². The van der Waals surface area contributed by atoms with Crippen LogP contribution in [0.2, 0.25) is 0 Å². The maximum Gasteiger partial charge on any atom is 0.0911 e. The summed E-state index contributed by atoms with van der Waals surface area (Å²) in [5, 5.41) is 0. The zero-order valence-corrected chi connectivity index (χ0v) is 6.99. The van der Waals surface area contributed by atoms with Crippen molar-refractivity contribution >= 4 is 29.7 Å². The van der Waals surface area contributed by atoms with E-state index in [9.17, 15) is 4.57 Å². The van der Waals surface area contributed by atoms with Gasteiger partial charge in [-0.1, -0.05) is 22.6 Å². The maximum absolute atomic E-state index is 10.6. The molecule has 0 radical (unpaired) electrons. The number of alkyl halides is 1. The molecule has 0 fully saturated rings. The molecule has 0 aromatic rings. The smallest absolute Gasteiger partial charge is 0.0911 e. The molecule has 0 spiro atoms. The molecular formula is C3H8IOP. The van der Waals surface area contributed by atoms with Gasteiger partial charge in [0.05, 0.1) is 11.3 Å². The second-order valence-electron chi connectivity index (χ2n) is 1.69. The summed E-state index contributed by atoms with van der Waals surface area (Å²) < 4.78 is 11.4. The first-order chi connectivity index (χ1) is 2.56. The third-order valence-corrected chi connectivity index (χ3v) is 5.79. The molecule has 0 saturated carbocycles. The highest BCUT2D eigenvalue weighted by molar-refractivity contribution is 14.1. The summed E-state index contributed by atoms with van der Waals surface area (Å²) in [6.45, 7) is 3.58. The van der Waals surface area contributed by atoms with Gasteiger partial charge in [0, 0.05) is 0 Å². The topological polar surface area (TPSA) is 17.1 Å². The average molecular weight is 218 g/mol. The largest absolute Gasteiger partial charge is 0.323 e. The van der Waals surface area contributed by atoms with E-state index in [0.717, 1.165) is 4.17 Å². The molecule has 0 amide bonds. The summed E-state index contributed by atoms with van der Waals surface area (Å²) in [6.07, 6.45) is 0. The molecular weight excluding hydrogens is 210 g/mol. The molecule has 0 unspecified atom stereocenters. The number of hydrogen-bond acceptors (Lipinski definition) is 1. The second kappa shape index (κ2) is 2.31. The molecule has 0 aromatic carbocycles. The highest BCUT2D eigenvalue weighted by Gasteiger charge is 1.99. The fourth-order valence-corrected chi connectivity index (χ4v) is 0. The van der Waals surface area contributed by atoms with Gasteiger partial charge in [-0.2, -0.15) is 0 Å². The third kappa shape index (κ3) is 4.96. The fraction of sp³-hybridized carbons (Fsp3) is 1.00. The average Bonchev–Trinajstić information content (AvgIpc) is 1.35. The van der Waals surface area contributed by atoms with Gasteiger partial charge in [-0.3, -0.25) is 0 Å². The summed E-state index contributed by atoms with van der Waals surface area (Å²) in [4.78, 5) is 0. The molecule has 0 bridgehead atoms. The Balaban J connectivity index is 3.48. The van der Waals surface area contributed by atoms with Gasteiger partial charge in [0.15, 0.2) is 0 Å². The van der Waals surface area contributed by atoms with Gasteiger partial charge in [0.1, 0.15) is 0 Å². The monoisotopic (exact) mass is 218 g/mol. The highest BCUT2D eigenvalue weighted by Crippen LogP contribution is 2.37. The Morgan fingerprint density at radius 2 is 1.83 bits per heavy atom. The van der Waals surface area contributed by atoms with E-state index in [0.29, 0.717) is 0 Å². The summed E-state index contributed by atoms with van der Waals surface area (Å²) in [7, 11) is -1.66. The molecule has 0 heterocycles. The van der Waals surface area contributed by atoms with E-state index in [1.54, 1.807) is 13.3 Å². The van der Waals surface area contributed by atoms with Gasteiger partial charge < -0.3 is 4.57 Å². The van der Waals surface area contributed by atoms with Crippen molar-refractivity contribution in [1.82, 2.24) is 0 Å². The number of rotatable bonds is 1. The molecule has 0 atom stereocenters. The lowest BCUT2D eigenvalue weighted by Crippen LogP contribution is -1.70. The summed E-state index contributed by atoms with van der Waals surface area (Å²) >= 11 is 2.13. The fourth-order valence-electron chi connectivity index (χ4n) is 0. The molecule has 0 aliphatic carbocycles. The van der Waals surface area contributed by atoms with Crippen LogP contribution >= 0.6 is 29.7 Å². The molecule has 3 heteroatoms. The molecule has 38 valence electrons. The van der Waals surface area contributed by atoms with Crippen molar-refractivity contribution in [3.05, 3.63) is 0 Å². The van der Waals surface area contributed by atoms with Crippen molar-refractivity contribution in [1.29, 1.82) is 0 Å². The Labute approximate surface area is 52.0 Å². The molecule has 0 rings (SSSR count). The van der Waals surface area contributed by atoms with Gasteiger partial charge >= 0.3 is 0 Å². The molecule has 0 saturated heterocycles. The van der Waals surface area contributed by atoms with Gasteiger partial charge in [-0.15, -0.1) is 0 Å². The van der Waals surface area contributed by atoms with E-state index in [-0.39, 0.29) is 0 Å². The quantitative estimate of drug-likeness (QED) is 0.373. The van der Waals surface area contributed by atoms with E-state index in [2.05, 4.69) is 22.6 Å².